The molecule has 0 bridgehead atoms. The summed E-state index contributed by atoms with van der Waals surface area (Å²) >= 11 is 3.44. The minimum Gasteiger partial charge on any atom is -0.497 e. The van der Waals surface area contributed by atoms with E-state index in [1.165, 1.54) is 23.0 Å². The Balaban J connectivity index is 1.63. The highest BCUT2D eigenvalue weighted by molar-refractivity contribution is 14.1. The first kappa shape index (κ1) is 31.3. The number of hydrogen-bond acceptors (Lipinski definition) is 9. The van der Waals surface area contributed by atoms with E-state index in [0.29, 0.717) is 50.2 Å². The van der Waals surface area contributed by atoms with Gasteiger partial charge in [-0.25, -0.2) is 9.79 Å². The van der Waals surface area contributed by atoms with Gasteiger partial charge in [0.15, 0.2) is 16.3 Å². The Labute approximate surface area is 272 Å². The summed E-state index contributed by atoms with van der Waals surface area (Å²) in [4.78, 5) is 32.5. The summed E-state index contributed by atoms with van der Waals surface area (Å²) in [5.41, 5.74) is 2.77. The van der Waals surface area contributed by atoms with Gasteiger partial charge in [0, 0.05) is 5.56 Å². The van der Waals surface area contributed by atoms with Crippen molar-refractivity contribution in [3.05, 3.63) is 112 Å². The molecule has 1 aliphatic rings. The molecule has 0 N–H and O–H groups in total. The monoisotopic (exact) mass is 726 g/mol. The molecular weight excluding hydrogens is 695 g/mol. The highest BCUT2D eigenvalue weighted by atomic mass is 127. The second-order valence-corrected chi connectivity index (χ2v) is 11.9. The molecule has 1 aromatic heterocycles. The molecule has 0 saturated carbocycles. The average molecular weight is 727 g/mol. The predicted octanol–water partition coefficient (Wildman–Crippen LogP) is 5.01. The minimum absolute atomic E-state index is 0.174. The number of ether oxygens (including phenoxy) is 5. The van der Waals surface area contributed by atoms with Gasteiger partial charge in [-0.2, -0.15) is 0 Å². The lowest BCUT2D eigenvalue weighted by Gasteiger charge is -2.26. The molecule has 228 valence electrons. The van der Waals surface area contributed by atoms with Crippen molar-refractivity contribution in [1.82, 2.24) is 4.57 Å². The second kappa shape index (κ2) is 13.7. The molecule has 1 aliphatic heterocycles. The van der Waals surface area contributed by atoms with Gasteiger partial charge < -0.3 is 23.7 Å². The molecule has 0 spiro atoms. The van der Waals surface area contributed by atoms with Crippen LogP contribution in [0, 0.1) is 3.57 Å². The van der Waals surface area contributed by atoms with Crippen molar-refractivity contribution in [2.75, 3.05) is 27.9 Å². The fourth-order valence-electron chi connectivity index (χ4n) is 4.98. The van der Waals surface area contributed by atoms with Gasteiger partial charge in [0.1, 0.15) is 24.1 Å². The Hall–Kier alpha value is -4.10. The van der Waals surface area contributed by atoms with Crippen LogP contribution in [0.2, 0.25) is 0 Å². The highest BCUT2D eigenvalue weighted by Gasteiger charge is 2.35. The summed E-state index contributed by atoms with van der Waals surface area (Å²) in [6.45, 7) is 4.04. The van der Waals surface area contributed by atoms with E-state index in [1.807, 2.05) is 42.5 Å². The molecule has 2 heterocycles. The minimum atomic E-state index is -0.846. The van der Waals surface area contributed by atoms with Gasteiger partial charge in [-0.1, -0.05) is 41.7 Å². The van der Waals surface area contributed by atoms with Crippen LogP contribution in [0.1, 0.15) is 36.6 Å². The number of methoxy groups -OCH3 is 3. The number of halogens is 1. The zero-order valence-electron chi connectivity index (χ0n) is 24.9. The number of esters is 1. The van der Waals surface area contributed by atoms with Gasteiger partial charge in [-0.15, -0.1) is 0 Å². The van der Waals surface area contributed by atoms with Gasteiger partial charge in [0.25, 0.3) is 5.56 Å². The quantitative estimate of drug-likeness (QED) is 0.168. The van der Waals surface area contributed by atoms with Crippen LogP contribution in [0.3, 0.4) is 0 Å². The van der Waals surface area contributed by atoms with Crippen LogP contribution in [0.25, 0.3) is 6.08 Å². The summed E-state index contributed by atoms with van der Waals surface area (Å²) in [6.07, 6.45) is 1.79. The van der Waals surface area contributed by atoms with Crippen LogP contribution in [0.5, 0.6) is 23.0 Å². The Morgan fingerprint density at radius 2 is 1.77 bits per heavy atom. The number of rotatable bonds is 10. The fraction of sp³-hybridized carbons (Fsp3) is 0.242. The average Bonchev–Trinajstić information content (AvgIpc) is 3.33. The van der Waals surface area contributed by atoms with Crippen molar-refractivity contribution in [2.24, 2.45) is 4.99 Å². The van der Waals surface area contributed by atoms with Gasteiger partial charge in [-0.05, 0) is 84.0 Å². The van der Waals surface area contributed by atoms with Crippen LogP contribution in [-0.4, -0.2) is 38.5 Å². The molecular formula is C33H31IN2O7S. The van der Waals surface area contributed by atoms with Crippen molar-refractivity contribution >= 4 is 46.0 Å². The van der Waals surface area contributed by atoms with E-state index in [9.17, 15) is 9.59 Å². The molecule has 5 rings (SSSR count). The first-order chi connectivity index (χ1) is 21.3. The molecule has 0 fully saturated rings. The number of hydrogen-bond donors (Lipinski definition) is 0. The highest BCUT2D eigenvalue weighted by Crippen LogP contribution is 2.38. The number of carbonyl (C=O) groups is 1. The third-order valence-electron chi connectivity index (χ3n) is 7.02. The molecule has 0 saturated heterocycles. The number of aromatic nitrogens is 1. The number of carbonyl (C=O) groups excluding carboxylic acids is 1. The van der Waals surface area contributed by atoms with Crippen LogP contribution in [0.15, 0.2) is 81.7 Å². The molecule has 3 aromatic carbocycles. The van der Waals surface area contributed by atoms with Crippen LogP contribution in [0.4, 0.5) is 0 Å². The molecule has 0 unspecified atom stereocenters. The van der Waals surface area contributed by atoms with E-state index in [0.717, 1.165) is 14.7 Å². The lowest BCUT2D eigenvalue weighted by molar-refractivity contribution is -0.139. The predicted molar refractivity (Wildman–Crippen MR) is 176 cm³/mol. The maximum absolute atomic E-state index is 14.1. The third kappa shape index (κ3) is 6.25. The summed E-state index contributed by atoms with van der Waals surface area (Å²) in [5.74, 6) is 1.66. The fourth-order valence-corrected chi connectivity index (χ4v) is 6.81. The van der Waals surface area contributed by atoms with E-state index in [4.69, 9.17) is 23.7 Å². The van der Waals surface area contributed by atoms with E-state index < -0.39 is 12.0 Å². The van der Waals surface area contributed by atoms with Crippen LogP contribution >= 0.6 is 33.9 Å². The van der Waals surface area contributed by atoms with E-state index in [2.05, 4.69) is 27.6 Å². The normalized spacial score (nSPS) is 14.5. The zero-order chi connectivity index (χ0) is 31.4. The summed E-state index contributed by atoms with van der Waals surface area (Å²) < 4.78 is 31.1. The van der Waals surface area contributed by atoms with Crippen LogP contribution < -0.4 is 33.8 Å². The van der Waals surface area contributed by atoms with Gasteiger partial charge in [-0.3, -0.25) is 9.36 Å². The van der Waals surface area contributed by atoms with Gasteiger partial charge in [0.05, 0.1) is 47.3 Å². The molecule has 44 heavy (non-hydrogen) atoms. The summed E-state index contributed by atoms with van der Waals surface area (Å²) in [5, 5.41) is 0. The number of allylic oxidation sites excluding steroid dienone is 1. The van der Waals surface area contributed by atoms with Gasteiger partial charge in [0.2, 0.25) is 0 Å². The standard InChI is InChI=1S/C33H31IN2O7S/c1-6-42-32(38)28-19(2)35-33-36(29(28)23-17-22(39-3)12-13-25(23)40-4)31(37)27(44-33)16-21-14-24(34)30(26(15-21)41-5)43-18-20-10-8-7-9-11-20/h7-17,29H,6,18H2,1-5H3/b27-16-/t29-/m1/s1. The van der Waals surface area contributed by atoms with Crippen molar-refractivity contribution in [3.8, 4) is 23.0 Å². The number of thiazole rings is 1. The third-order valence-corrected chi connectivity index (χ3v) is 8.81. The maximum Gasteiger partial charge on any atom is 0.338 e. The molecule has 11 heteroatoms. The van der Waals surface area contributed by atoms with Crippen molar-refractivity contribution in [1.29, 1.82) is 0 Å². The molecule has 4 aromatic rings. The first-order valence-corrected chi connectivity index (χ1v) is 15.6. The lowest BCUT2D eigenvalue weighted by atomic mass is 9.94. The SMILES string of the molecule is CCOC(=O)C1=C(C)N=c2s/c(=C\c3cc(I)c(OCc4ccccc4)c(OC)c3)c(=O)n2[C@@H]1c1cc(OC)ccc1OC. The van der Waals surface area contributed by atoms with Crippen molar-refractivity contribution in [3.63, 3.8) is 0 Å². The Morgan fingerprint density at radius 3 is 2.45 bits per heavy atom. The Morgan fingerprint density at radius 1 is 1.02 bits per heavy atom. The number of nitrogens with zero attached hydrogens (tertiary/aromatic N) is 2. The first-order valence-electron chi connectivity index (χ1n) is 13.7. The lowest BCUT2D eigenvalue weighted by Crippen LogP contribution is -2.40. The largest absolute Gasteiger partial charge is 0.497 e. The smallest absolute Gasteiger partial charge is 0.338 e. The zero-order valence-corrected chi connectivity index (χ0v) is 27.9. The maximum atomic E-state index is 14.1. The Bertz CT molecular complexity index is 1910. The van der Waals surface area contributed by atoms with Crippen molar-refractivity contribution < 1.29 is 28.5 Å². The van der Waals surface area contributed by atoms with Crippen molar-refractivity contribution in [2.45, 2.75) is 26.5 Å². The topological polar surface area (TPSA) is 97.6 Å². The molecule has 0 amide bonds. The molecule has 0 aliphatic carbocycles. The number of fused-ring (bicyclic) bond motifs is 1. The molecule has 9 nitrogen and oxygen atoms in total. The van der Waals surface area contributed by atoms with Crippen LogP contribution in [-0.2, 0) is 16.1 Å². The summed E-state index contributed by atoms with van der Waals surface area (Å²) in [6, 6.07) is 18.1. The number of benzene rings is 3. The Kier molecular flexibility index (Phi) is 9.74. The van der Waals surface area contributed by atoms with E-state index in [-0.39, 0.29) is 17.7 Å². The van der Waals surface area contributed by atoms with Gasteiger partial charge >= 0.3 is 5.97 Å². The molecule has 0 radical (unpaired) electrons. The summed E-state index contributed by atoms with van der Waals surface area (Å²) in [7, 11) is 4.68. The van der Waals surface area contributed by atoms with E-state index >= 15 is 0 Å². The van der Waals surface area contributed by atoms with E-state index in [1.54, 1.807) is 52.3 Å². The molecule has 1 atom stereocenters. The second-order valence-electron chi connectivity index (χ2n) is 9.72.